The van der Waals surface area contributed by atoms with Crippen molar-refractivity contribution in [2.75, 3.05) is 0 Å². The molecule has 3 rings (SSSR count). The van der Waals surface area contributed by atoms with E-state index in [0.717, 1.165) is 27.4 Å². The number of amides is 1. The molecule has 0 radical (unpaired) electrons. The summed E-state index contributed by atoms with van der Waals surface area (Å²) in [6.45, 7) is 6.76. The van der Waals surface area contributed by atoms with Crippen molar-refractivity contribution in [3.05, 3.63) is 30.1 Å². The molecule has 0 bridgehead atoms. The van der Waals surface area contributed by atoms with Crippen molar-refractivity contribution in [2.24, 2.45) is 11.7 Å². The molecule has 1 aromatic carbocycles. The highest BCUT2D eigenvalue weighted by Crippen LogP contribution is 2.32. The third kappa shape index (κ3) is 4.21. The molecule has 2 heterocycles. The minimum Gasteiger partial charge on any atom is -0.369 e. The van der Waals surface area contributed by atoms with E-state index in [1.165, 1.54) is 16.5 Å². The number of aromatic nitrogens is 4. The van der Waals surface area contributed by atoms with Gasteiger partial charge in [0.1, 0.15) is 5.82 Å². The minimum absolute atomic E-state index is 0.139. The lowest BCUT2D eigenvalue weighted by atomic mass is 10.1. The molecule has 0 aliphatic rings. The lowest BCUT2D eigenvalue weighted by molar-refractivity contribution is -0.118. The first-order valence-corrected chi connectivity index (χ1v) is 11.0. The van der Waals surface area contributed by atoms with Gasteiger partial charge in [-0.2, -0.15) is 0 Å². The number of thioether (sulfide) groups is 2. The summed E-state index contributed by atoms with van der Waals surface area (Å²) in [7, 11) is 0. The first-order chi connectivity index (χ1) is 12.5. The lowest BCUT2D eigenvalue weighted by Gasteiger charge is -2.16. The fraction of sp³-hybridized carbons (Fsp3) is 0.412. The van der Waals surface area contributed by atoms with E-state index < -0.39 is 0 Å². The van der Waals surface area contributed by atoms with Crippen molar-refractivity contribution in [3.8, 4) is 0 Å². The van der Waals surface area contributed by atoms with Crippen LogP contribution in [-0.2, 0) is 17.1 Å². The molecule has 1 atom stereocenters. The first-order valence-electron chi connectivity index (χ1n) is 8.36. The second kappa shape index (κ2) is 8.41. The number of benzene rings is 1. The van der Waals surface area contributed by atoms with Gasteiger partial charge >= 0.3 is 0 Å². The van der Waals surface area contributed by atoms with Gasteiger partial charge in [0.15, 0.2) is 9.50 Å². The van der Waals surface area contributed by atoms with Crippen LogP contribution in [0.4, 0.5) is 0 Å². The molecule has 1 unspecified atom stereocenters. The average Bonchev–Trinajstić information content (AvgIpc) is 3.19. The van der Waals surface area contributed by atoms with Gasteiger partial charge in [0.05, 0.1) is 21.2 Å². The maximum absolute atomic E-state index is 11.7. The highest BCUT2D eigenvalue weighted by atomic mass is 32.2. The molecule has 0 saturated carbocycles. The van der Waals surface area contributed by atoms with Gasteiger partial charge in [-0.25, -0.2) is 4.98 Å². The smallest absolute Gasteiger partial charge is 0.231 e. The number of carbonyl (C=O) groups is 1. The largest absolute Gasteiger partial charge is 0.369 e. The normalized spacial score (nSPS) is 12.8. The monoisotopic (exact) mass is 407 g/mol. The van der Waals surface area contributed by atoms with Crippen molar-refractivity contribution in [1.82, 2.24) is 19.7 Å². The van der Waals surface area contributed by atoms with Crippen LogP contribution in [0.5, 0.6) is 0 Å². The van der Waals surface area contributed by atoms with E-state index in [2.05, 4.69) is 21.2 Å². The van der Waals surface area contributed by atoms with Crippen LogP contribution < -0.4 is 5.73 Å². The second-order valence-electron chi connectivity index (χ2n) is 6.06. The summed E-state index contributed by atoms with van der Waals surface area (Å²) >= 11 is 4.74. The molecule has 0 aliphatic carbocycles. The fourth-order valence-electron chi connectivity index (χ4n) is 2.51. The number of rotatable bonds is 8. The van der Waals surface area contributed by atoms with Crippen LogP contribution in [0.25, 0.3) is 10.2 Å². The van der Waals surface area contributed by atoms with Crippen molar-refractivity contribution < 1.29 is 4.79 Å². The number of para-hydroxylation sites is 1. The second-order valence-corrected chi connectivity index (χ2v) is 9.43. The zero-order valence-electron chi connectivity index (χ0n) is 14.9. The lowest BCUT2D eigenvalue weighted by Crippen LogP contribution is -2.30. The molecule has 138 valence electrons. The van der Waals surface area contributed by atoms with E-state index in [1.54, 1.807) is 23.1 Å². The van der Waals surface area contributed by atoms with Crippen LogP contribution >= 0.6 is 34.9 Å². The number of fused-ring (bicyclic) bond motifs is 1. The highest BCUT2D eigenvalue weighted by molar-refractivity contribution is 8.00. The quantitative estimate of drug-likeness (QED) is 0.572. The van der Waals surface area contributed by atoms with Crippen LogP contribution in [0.2, 0.25) is 0 Å². The Bertz CT molecular complexity index is 872. The Morgan fingerprint density at radius 2 is 2.08 bits per heavy atom. The number of nitrogens with two attached hydrogens (primary N) is 1. The van der Waals surface area contributed by atoms with E-state index in [0.29, 0.717) is 5.75 Å². The van der Waals surface area contributed by atoms with Crippen LogP contribution in [0.1, 0.15) is 26.6 Å². The summed E-state index contributed by atoms with van der Waals surface area (Å²) in [5, 5.41) is 9.04. The molecule has 2 aromatic heterocycles. The number of primary amides is 1. The van der Waals surface area contributed by atoms with Gasteiger partial charge in [0.25, 0.3) is 0 Å². The number of hydrogen-bond acceptors (Lipinski definition) is 7. The summed E-state index contributed by atoms with van der Waals surface area (Å²) in [5.41, 5.74) is 6.55. The predicted octanol–water partition coefficient (Wildman–Crippen LogP) is 3.80. The Kier molecular flexibility index (Phi) is 6.20. The Morgan fingerprint density at radius 1 is 1.31 bits per heavy atom. The summed E-state index contributed by atoms with van der Waals surface area (Å²) in [6, 6.07) is 8.12. The van der Waals surface area contributed by atoms with Crippen LogP contribution in [0, 0.1) is 5.92 Å². The van der Waals surface area contributed by atoms with E-state index in [1.807, 2.05) is 43.5 Å². The Morgan fingerprint density at radius 3 is 2.73 bits per heavy atom. The molecule has 0 spiro atoms. The van der Waals surface area contributed by atoms with Crippen LogP contribution in [0.3, 0.4) is 0 Å². The van der Waals surface area contributed by atoms with E-state index in [4.69, 9.17) is 5.73 Å². The van der Waals surface area contributed by atoms with Gasteiger partial charge in [-0.05, 0) is 25.0 Å². The zero-order chi connectivity index (χ0) is 18.7. The van der Waals surface area contributed by atoms with E-state index in [-0.39, 0.29) is 17.1 Å². The average molecular weight is 408 g/mol. The number of hydrogen-bond donors (Lipinski definition) is 1. The van der Waals surface area contributed by atoms with Gasteiger partial charge < -0.3 is 10.3 Å². The fourth-order valence-corrected chi connectivity index (χ4v) is 5.58. The third-order valence-corrected chi connectivity index (χ3v) is 7.55. The van der Waals surface area contributed by atoms with Gasteiger partial charge in [0, 0.05) is 6.54 Å². The standard InChI is InChI=1S/C17H21N5OS3/c1-4-22-13(20-21-16(22)26-14(10(2)3)15(18)23)9-24-17-19-11-7-5-6-8-12(11)25-17/h5-8,10,14H,4,9H2,1-3H3,(H2,18,23). The third-order valence-electron chi connectivity index (χ3n) is 3.83. The topological polar surface area (TPSA) is 86.7 Å². The SMILES string of the molecule is CCn1c(CSc2nc3ccccc3s2)nnc1SC(C(N)=O)C(C)C. The summed E-state index contributed by atoms with van der Waals surface area (Å²) < 4.78 is 4.25. The molecule has 9 heteroatoms. The number of nitrogens with zero attached hydrogens (tertiary/aromatic N) is 4. The van der Waals surface area contributed by atoms with Crippen molar-refractivity contribution in [2.45, 2.75) is 47.8 Å². The van der Waals surface area contributed by atoms with Crippen molar-refractivity contribution in [1.29, 1.82) is 0 Å². The van der Waals surface area contributed by atoms with Crippen LogP contribution in [0.15, 0.2) is 33.8 Å². The maximum atomic E-state index is 11.7. The Balaban J connectivity index is 1.74. The van der Waals surface area contributed by atoms with Gasteiger partial charge in [-0.15, -0.1) is 21.5 Å². The number of carbonyl (C=O) groups excluding carboxylic acids is 1. The van der Waals surface area contributed by atoms with Gasteiger partial charge in [-0.3, -0.25) is 4.79 Å². The Labute approximate surface area is 165 Å². The molecule has 26 heavy (non-hydrogen) atoms. The minimum atomic E-state index is -0.318. The molecule has 6 nitrogen and oxygen atoms in total. The van der Waals surface area contributed by atoms with Crippen LogP contribution in [-0.4, -0.2) is 30.9 Å². The van der Waals surface area contributed by atoms with Gasteiger partial charge in [-0.1, -0.05) is 49.5 Å². The number of thiazole rings is 1. The molecule has 3 aromatic rings. The molecule has 0 saturated heterocycles. The summed E-state index contributed by atoms with van der Waals surface area (Å²) in [6.07, 6.45) is 0. The molecule has 2 N–H and O–H groups in total. The summed E-state index contributed by atoms with van der Waals surface area (Å²) in [4.78, 5) is 16.3. The molecular weight excluding hydrogens is 386 g/mol. The zero-order valence-corrected chi connectivity index (χ0v) is 17.3. The molecule has 0 fully saturated rings. The maximum Gasteiger partial charge on any atom is 0.231 e. The van der Waals surface area contributed by atoms with Crippen molar-refractivity contribution >= 4 is 51.0 Å². The first kappa shape index (κ1) is 19.2. The van der Waals surface area contributed by atoms with Gasteiger partial charge in [0.2, 0.25) is 5.91 Å². The highest BCUT2D eigenvalue weighted by Gasteiger charge is 2.24. The van der Waals surface area contributed by atoms with E-state index in [9.17, 15) is 4.79 Å². The molecule has 1 amide bonds. The van der Waals surface area contributed by atoms with Crippen molar-refractivity contribution in [3.63, 3.8) is 0 Å². The Hall–Kier alpha value is -1.58. The van der Waals surface area contributed by atoms with E-state index >= 15 is 0 Å². The molecular formula is C17H21N5OS3. The predicted molar refractivity (Wildman–Crippen MR) is 109 cm³/mol. The molecule has 0 aliphatic heterocycles. The summed E-state index contributed by atoms with van der Waals surface area (Å²) in [5.74, 6) is 1.39.